The number of ether oxygens (including phenoxy) is 1. The molecule has 3 aromatic rings. The van der Waals surface area contributed by atoms with Crippen molar-refractivity contribution in [1.82, 2.24) is 5.32 Å². The Labute approximate surface area is 198 Å². The molecule has 0 aromatic heterocycles. The quantitative estimate of drug-likeness (QED) is 0.599. The van der Waals surface area contributed by atoms with Crippen LogP contribution >= 0.6 is 0 Å². The molecule has 1 N–H and O–H groups in total. The Morgan fingerprint density at radius 2 is 1.65 bits per heavy atom. The van der Waals surface area contributed by atoms with E-state index >= 15 is 0 Å². The van der Waals surface area contributed by atoms with E-state index in [9.17, 15) is 17.6 Å². The largest absolute Gasteiger partial charge is 0.381 e. The predicted octanol–water partition coefficient (Wildman–Crippen LogP) is 4.01. The first-order valence-corrected chi connectivity index (χ1v) is 12.7. The first-order chi connectivity index (χ1) is 16.4. The number of hydrogen-bond acceptors (Lipinski definition) is 4. The second-order valence-electron chi connectivity index (χ2n) is 8.76. The highest BCUT2D eigenvalue weighted by atomic mass is 32.2. The van der Waals surface area contributed by atoms with E-state index in [4.69, 9.17) is 4.74 Å². The van der Waals surface area contributed by atoms with E-state index in [-0.39, 0.29) is 28.6 Å². The molecule has 34 heavy (non-hydrogen) atoms. The van der Waals surface area contributed by atoms with Crippen LogP contribution in [0.3, 0.4) is 0 Å². The molecule has 1 amide bonds. The molecule has 0 bridgehead atoms. The van der Waals surface area contributed by atoms with Gasteiger partial charge >= 0.3 is 0 Å². The van der Waals surface area contributed by atoms with Gasteiger partial charge in [0, 0.05) is 37.3 Å². The summed E-state index contributed by atoms with van der Waals surface area (Å²) < 4.78 is 47.3. The van der Waals surface area contributed by atoms with Crippen molar-refractivity contribution in [3.05, 3.63) is 95.3 Å². The second kappa shape index (κ2) is 8.85. The van der Waals surface area contributed by atoms with Crippen LogP contribution in [0.1, 0.15) is 34.3 Å². The maximum Gasteiger partial charge on any atom is 0.264 e. The molecular weight excluding hydrogens is 455 g/mol. The molecule has 6 nitrogen and oxygen atoms in total. The Morgan fingerprint density at radius 1 is 0.971 bits per heavy atom. The second-order valence-corrected chi connectivity index (χ2v) is 10.6. The average Bonchev–Trinajstić information content (AvgIpc) is 3.18. The number of hydrogen-bond donors (Lipinski definition) is 1. The Balaban J connectivity index is 1.34. The van der Waals surface area contributed by atoms with Crippen molar-refractivity contribution in [2.24, 2.45) is 0 Å². The summed E-state index contributed by atoms with van der Waals surface area (Å²) in [5.41, 5.74) is 2.65. The summed E-state index contributed by atoms with van der Waals surface area (Å²) in [6.07, 6.45) is 1.56. The predicted molar refractivity (Wildman–Crippen MR) is 127 cm³/mol. The first-order valence-electron chi connectivity index (χ1n) is 11.2. The van der Waals surface area contributed by atoms with Gasteiger partial charge in [-0.05, 0) is 66.4 Å². The lowest BCUT2D eigenvalue weighted by Crippen LogP contribution is -2.40. The van der Waals surface area contributed by atoms with Gasteiger partial charge in [-0.2, -0.15) is 0 Å². The maximum atomic E-state index is 13.6. The van der Waals surface area contributed by atoms with Gasteiger partial charge in [0.15, 0.2) is 0 Å². The number of nitrogens with one attached hydrogen (secondary N) is 1. The van der Waals surface area contributed by atoms with E-state index in [2.05, 4.69) is 5.32 Å². The lowest BCUT2D eigenvalue weighted by Gasteiger charge is -2.34. The van der Waals surface area contributed by atoms with Gasteiger partial charge in [-0.15, -0.1) is 0 Å². The molecule has 0 saturated carbocycles. The van der Waals surface area contributed by atoms with Crippen molar-refractivity contribution in [2.45, 2.75) is 29.7 Å². The molecule has 2 heterocycles. The van der Waals surface area contributed by atoms with Crippen molar-refractivity contribution in [3.63, 3.8) is 0 Å². The summed E-state index contributed by atoms with van der Waals surface area (Å²) in [5.74, 6) is -0.670. The molecule has 2 aliphatic rings. The Morgan fingerprint density at radius 3 is 2.35 bits per heavy atom. The average molecular weight is 481 g/mol. The Kier molecular flexibility index (Phi) is 5.87. The molecule has 0 radical (unpaired) electrons. The van der Waals surface area contributed by atoms with Gasteiger partial charge in [-0.25, -0.2) is 12.8 Å². The summed E-state index contributed by atoms with van der Waals surface area (Å²) in [7, 11) is -3.80. The lowest BCUT2D eigenvalue weighted by molar-refractivity contribution is 0.0560. The van der Waals surface area contributed by atoms with Crippen LogP contribution in [-0.2, 0) is 26.7 Å². The van der Waals surface area contributed by atoms with E-state index in [0.29, 0.717) is 31.0 Å². The molecule has 1 fully saturated rings. The maximum absolute atomic E-state index is 13.6. The lowest BCUT2D eigenvalue weighted by atomic mass is 9.76. The first kappa shape index (κ1) is 22.6. The molecule has 176 valence electrons. The van der Waals surface area contributed by atoms with E-state index in [1.807, 2.05) is 24.3 Å². The summed E-state index contributed by atoms with van der Waals surface area (Å²) in [6, 6.07) is 19.5. The van der Waals surface area contributed by atoms with Crippen LogP contribution < -0.4 is 9.62 Å². The van der Waals surface area contributed by atoms with E-state index in [1.54, 1.807) is 12.1 Å². The minimum absolute atomic E-state index is 0.140. The number of amides is 1. The molecule has 0 unspecified atom stereocenters. The zero-order valence-electron chi connectivity index (χ0n) is 18.5. The van der Waals surface area contributed by atoms with Crippen LogP contribution in [0.15, 0.2) is 77.7 Å². The minimum atomic E-state index is -3.80. The fourth-order valence-electron chi connectivity index (χ4n) is 4.78. The van der Waals surface area contributed by atoms with Gasteiger partial charge in [-0.3, -0.25) is 9.10 Å². The molecule has 1 saturated heterocycles. The third kappa shape index (κ3) is 4.08. The fraction of sp³-hybridized carbons (Fsp3) is 0.269. The molecule has 1 spiro atoms. The van der Waals surface area contributed by atoms with Crippen LogP contribution in [-0.4, -0.2) is 34.1 Å². The minimum Gasteiger partial charge on any atom is -0.381 e. The van der Waals surface area contributed by atoms with Crippen LogP contribution in [0.4, 0.5) is 10.1 Å². The highest BCUT2D eigenvalue weighted by Gasteiger charge is 2.47. The fourth-order valence-corrected chi connectivity index (χ4v) is 6.35. The van der Waals surface area contributed by atoms with E-state index < -0.39 is 10.0 Å². The van der Waals surface area contributed by atoms with Crippen LogP contribution in [0.5, 0.6) is 0 Å². The van der Waals surface area contributed by atoms with Crippen molar-refractivity contribution >= 4 is 21.6 Å². The van der Waals surface area contributed by atoms with Crippen LogP contribution in [0, 0.1) is 5.82 Å². The van der Waals surface area contributed by atoms with Crippen molar-refractivity contribution in [2.75, 3.05) is 24.1 Å². The third-order valence-corrected chi connectivity index (χ3v) is 8.49. The number of fused-ring (bicyclic) bond motifs is 2. The topological polar surface area (TPSA) is 75.7 Å². The summed E-state index contributed by atoms with van der Waals surface area (Å²) in [4.78, 5) is 12.7. The van der Waals surface area contributed by atoms with Crippen LogP contribution in [0.25, 0.3) is 0 Å². The number of para-hydroxylation sites is 1. The Bertz CT molecular complexity index is 1300. The number of anilines is 1. The number of halogens is 1. The molecule has 8 heteroatoms. The SMILES string of the molecule is O=C(NCc1ccc(F)cc1)c1ccc(S(=O)(=O)N2CC3(CCOCC3)c3ccccc32)cc1. The van der Waals surface area contributed by atoms with Gasteiger partial charge in [0.2, 0.25) is 0 Å². The number of nitrogens with zero attached hydrogens (tertiary/aromatic N) is 1. The zero-order valence-corrected chi connectivity index (χ0v) is 19.4. The number of carbonyl (C=O) groups excluding carboxylic acids is 1. The summed E-state index contributed by atoms with van der Waals surface area (Å²) in [5, 5.41) is 2.77. The van der Waals surface area contributed by atoms with Gasteiger partial charge in [0.25, 0.3) is 15.9 Å². The molecule has 3 aromatic carbocycles. The molecule has 0 atom stereocenters. The number of sulfonamides is 1. The monoisotopic (exact) mass is 480 g/mol. The van der Waals surface area contributed by atoms with Crippen molar-refractivity contribution < 1.29 is 22.3 Å². The smallest absolute Gasteiger partial charge is 0.264 e. The summed E-state index contributed by atoms with van der Waals surface area (Å²) >= 11 is 0. The zero-order chi connectivity index (χ0) is 23.8. The summed E-state index contributed by atoms with van der Waals surface area (Å²) in [6.45, 7) is 1.86. The Hall–Kier alpha value is -3.23. The highest BCUT2D eigenvalue weighted by molar-refractivity contribution is 7.92. The van der Waals surface area contributed by atoms with Gasteiger partial charge in [0.05, 0.1) is 10.6 Å². The standard InChI is InChI=1S/C26H25FN2O4S/c27-21-9-5-19(6-10-21)17-28-25(30)20-7-11-22(12-8-20)34(31,32)29-18-26(13-15-33-16-14-26)23-3-1-2-4-24(23)29/h1-12H,13-18H2,(H,28,30). The number of benzene rings is 3. The number of carbonyl (C=O) groups is 1. The third-order valence-electron chi connectivity index (χ3n) is 6.71. The highest BCUT2D eigenvalue weighted by Crippen LogP contribution is 2.48. The van der Waals surface area contributed by atoms with Gasteiger partial charge < -0.3 is 10.1 Å². The van der Waals surface area contributed by atoms with Crippen LogP contribution in [0.2, 0.25) is 0 Å². The molecular formula is C26H25FN2O4S. The molecule has 2 aliphatic heterocycles. The van der Waals surface area contributed by atoms with Crippen molar-refractivity contribution in [3.8, 4) is 0 Å². The number of rotatable bonds is 5. The normalized spacial score (nSPS) is 16.9. The van der Waals surface area contributed by atoms with Crippen molar-refractivity contribution in [1.29, 1.82) is 0 Å². The molecule has 5 rings (SSSR count). The van der Waals surface area contributed by atoms with E-state index in [1.165, 1.54) is 40.7 Å². The van der Waals surface area contributed by atoms with Gasteiger partial charge in [-0.1, -0.05) is 30.3 Å². The van der Waals surface area contributed by atoms with Gasteiger partial charge in [0.1, 0.15) is 5.82 Å². The van der Waals surface area contributed by atoms with E-state index in [0.717, 1.165) is 24.0 Å². The molecule has 0 aliphatic carbocycles.